The summed E-state index contributed by atoms with van der Waals surface area (Å²) in [5.41, 5.74) is 1.69. The molecule has 1 rings (SSSR count). The quantitative estimate of drug-likeness (QED) is 0.706. The Balaban J connectivity index is 2.69. The summed E-state index contributed by atoms with van der Waals surface area (Å²) in [5, 5.41) is 11.8. The third-order valence-corrected chi connectivity index (χ3v) is 2.80. The first-order valence-electron chi connectivity index (χ1n) is 6.49. The van der Waals surface area contributed by atoms with Gasteiger partial charge in [-0.15, -0.1) is 6.58 Å². The summed E-state index contributed by atoms with van der Waals surface area (Å²) in [4.78, 5) is 13.8. The number of aliphatic hydroxyl groups excluding tert-OH is 1. The number of benzene rings is 1. The minimum Gasteiger partial charge on any atom is -0.495 e. The molecule has 0 heterocycles. The fourth-order valence-corrected chi connectivity index (χ4v) is 1.87. The number of nitrogens with zero attached hydrogens (tertiary/aromatic N) is 1. The van der Waals surface area contributed by atoms with Gasteiger partial charge in [0, 0.05) is 13.1 Å². The molecule has 0 atom stereocenters. The van der Waals surface area contributed by atoms with Gasteiger partial charge in [-0.25, -0.2) is 0 Å². The monoisotopic (exact) mass is 278 g/mol. The zero-order valence-electron chi connectivity index (χ0n) is 12.1. The molecule has 0 spiro atoms. The minimum absolute atomic E-state index is 0.00882. The van der Waals surface area contributed by atoms with Gasteiger partial charge in [-0.3, -0.25) is 9.69 Å². The summed E-state index contributed by atoms with van der Waals surface area (Å²) < 4.78 is 5.22. The Bertz CT molecular complexity index is 460. The van der Waals surface area contributed by atoms with Crippen LogP contribution in [-0.2, 0) is 4.79 Å². The highest BCUT2D eigenvalue weighted by Crippen LogP contribution is 2.25. The van der Waals surface area contributed by atoms with E-state index in [0.29, 0.717) is 24.5 Å². The number of hydrogen-bond donors (Lipinski definition) is 2. The molecule has 5 nitrogen and oxygen atoms in total. The molecule has 0 aliphatic rings. The smallest absolute Gasteiger partial charge is 0.238 e. The number of anilines is 1. The molecular weight excluding hydrogens is 256 g/mol. The molecule has 110 valence electrons. The van der Waals surface area contributed by atoms with Crippen LogP contribution >= 0.6 is 0 Å². The van der Waals surface area contributed by atoms with Crippen LogP contribution in [0.25, 0.3) is 0 Å². The molecule has 0 bridgehead atoms. The van der Waals surface area contributed by atoms with Crippen LogP contribution in [0.2, 0.25) is 0 Å². The highest BCUT2D eigenvalue weighted by atomic mass is 16.5. The molecule has 0 aromatic heterocycles. The van der Waals surface area contributed by atoms with Crippen LogP contribution in [0.1, 0.15) is 5.56 Å². The molecule has 1 aromatic rings. The molecule has 0 saturated carbocycles. The average molecular weight is 278 g/mol. The van der Waals surface area contributed by atoms with Gasteiger partial charge in [0.15, 0.2) is 0 Å². The number of ether oxygens (including phenoxy) is 1. The molecule has 5 heteroatoms. The predicted octanol–water partition coefficient (Wildman–Crippen LogP) is 1.42. The molecule has 2 N–H and O–H groups in total. The van der Waals surface area contributed by atoms with Gasteiger partial charge in [-0.2, -0.15) is 0 Å². The van der Waals surface area contributed by atoms with E-state index < -0.39 is 0 Å². The summed E-state index contributed by atoms with van der Waals surface area (Å²) in [6.45, 7) is 6.78. The number of rotatable bonds is 8. The van der Waals surface area contributed by atoms with Gasteiger partial charge in [-0.05, 0) is 24.6 Å². The average Bonchev–Trinajstić information content (AvgIpc) is 2.39. The van der Waals surface area contributed by atoms with E-state index in [1.165, 1.54) is 0 Å². The maximum absolute atomic E-state index is 12.0. The number of methoxy groups -OCH3 is 1. The van der Waals surface area contributed by atoms with Crippen LogP contribution in [0.15, 0.2) is 30.9 Å². The van der Waals surface area contributed by atoms with Crippen molar-refractivity contribution in [2.45, 2.75) is 6.92 Å². The number of aliphatic hydroxyl groups is 1. The van der Waals surface area contributed by atoms with Crippen molar-refractivity contribution in [1.29, 1.82) is 0 Å². The van der Waals surface area contributed by atoms with Gasteiger partial charge in [0.05, 0.1) is 25.9 Å². The third-order valence-electron chi connectivity index (χ3n) is 2.80. The van der Waals surface area contributed by atoms with E-state index in [0.717, 1.165) is 5.56 Å². The van der Waals surface area contributed by atoms with Crippen LogP contribution < -0.4 is 10.1 Å². The second kappa shape index (κ2) is 8.35. The Labute approximate surface area is 119 Å². The van der Waals surface area contributed by atoms with Crippen LogP contribution in [0, 0.1) is 6.92 Å². The van der Waals surface area contributed by atoms with Crippen LogP contribution in [0.3, 0.4) is 0 Å². The van der Waals surface area contributed by atoms with E-state index in [-0.39, 0.29) is 19.1 Å². The van der Waals surface area contributed by atoms with Crippen molar-refractivity contribution in [3.05, 3.63) is 36.4 Å². The molecule has 0 aliphatic heterocycles. The number of hydrogen-bond acceptors (Lipinski definition) is 4. The maximum atomic E-state index is 12.0. The number of carbonyl (C=O) groups excluding carboxylic acids is 1. The van der Waals surface area contributed by atoms with Crippen molar-refractivity contribution in [2.75, 3.05) is 38.7 Å². The second-order valence-corrected chi connectivity index (χ2v) is 4.50. The lowest BCUT2D eigenvalue weighted by atomic mass is 10.2. The van der Waals surface area contributed by atoms with Crippen LogP contribution in [-0.4, -0.2) is 49.3 Å². The van der Waals surface area contributed by atoms with Gasteiger partial charge in [0.25, 0.3) is 0 Å². The number of nitrogens with one attached hydrogen (secondary N) is 1. The molecule has 20 heavy (non-hydrogen) atoms. The number of aryl methyl sites for hydroxylation is 1. The van der Waals surface area contributed by atoms with Gasteiger partial charge < -0.3 is 15.2 Å². The van der Waals surface area contributed by atoms with E-state index in [9.17, 15) is 4.79 Å². The van der Waals surface area contributed by atoms with E-state index >= 15 is 0 Å². The Morgan fingerprint density at radius 2 is 2.30 bits per heavy atom. The number of amides is 1. The summed E-state index contributed by atoms with van der Waals surface area (Å²) in [6.07, 6.45) is 1.70. The van der Waals surface area contributed by atoms with Gasteiger partial charge in [-0.1, -0.05) is 12.1 Å². The van der Waals surface area contributed by atoms with E-state index in [1.54, 1.807) is 13.2 Å². The summed E-state index contributed by atoms with van der Waals surface area (Å²) in [5.74, 6) is 0.477. The Hall–Kier alpha value is -1.85. The summed E-state index contributed by atoms with van der Waals surface area (Å²) in [6, 6.07) is 5.60. The molecule has 1 aromatic carbocycles. The third kappa shape index (κ3) is 5.03. The zero-order chi connectivity index (χ0) is 15.0. The van der Waals surface area contributed by atoms with Gasteiger partial charge >= 0.3 is 0 Å². The Morgan fingerprint density at radius 1 is 1.55 bits per heavy atom. The first-order chi connectivity index (χ1) is 9.60. The molecule has 1 amide bonds. The highest BCUT2D eigenvalue weighted by molar-refractivity contribution is 5.93. The zero-order valence-corrected chi connectivity index (χ0v) is 12.1. The first-order valence-corrected chi connectivity index (χ1v) is 6.49. The first kappa shape index (κ1) is 16.2. The predicted molar refractivity (Wildman–Crippen MR) is 80.1 cm³/mol. The second-order valence-electron chi connectivity index (χ2n) is 4.50. The van der Waals surface area contributed by atoms with Crippen molar-refractivity contribution in [2.24, 2.45) is 0 Å². The number of carbonyl (C=O) groups is 1. The van der Waals surface area contributed by atoms with Crippen LogP contribution in [0.4, 0.5) is 5.69 Å². The van der Waals surface area contributed by atoms with Crippen molar-refractivity contribution in [1.82, 2.24) is 4.90 Å². The lowest BCUT2D eigenvalue weighted by molar-refractivity contribution is -0.117. The van der Waals surface area contributed by atoms with E-state index in [4.69, 9.17) is 9.84 Å². The van der Waals surface area contributed by atoms with E-state index in [1.807, 2.05) is 30.0 Å². The highest BCUT2D eigenvalue weighted by Gasteiger charge is 2.11. The lowest BCUT2D eigenvalue weighted by Crippen LogP contribution is -2.35. The molecule has 0 fully saturated rings. The molecular formula is C15H22N2O3. The normalized spacial score (nSPS) is 10.4. The Morgan fingerprint density at radius 3 is 2.90 bits per heavy atom. The fraction of sp³-hybridized carbons (Fsp3) is 0.400. The van der Waals surface area contributed by atoms with Crippen molar-refractivity contribution >= 4 is 11.6 Å². The standard InChI is InChI=1S/C15H22N2O3/c1-4-7-17(8-9-18)11-15(19)16-13-10-12(2)5-6-14(13)20-3/h4-6,10,18H,1,7-9,11H2,2-3H3,(H,16,19). The summed E-state index contributed by atoms with van der Waals surface area (Å²) >= 11 is 0. The van der Waals surface area contributed by atoms with Gasteiger partial charge in [0.2, 0.25) is 5.91 Å². The molecule has 0 unspecified atom stereocenters. The van der Waals surface area contributed by atoms with Crippen LogP contribution in [0.5, 0.6) is 5.75 Å². The topological polar surface area (TPSA) is 61.8 Å². The van der Waals surface area contributed by atoms with Crippen molar-refractivity contribution < 1.29 is 14.6 Å². The van der Waals surface area contributed by atoms with Gasteiger partial charge in [0.1, 0.15) is 5.75 Å². The minimum atomic E-state index is -0.149. The van der Waals surface area contributed by atoms with E-state index in [2.05, 4.69) is 11.9 Å². The molecule has 0 saturated heterocycles. The summed E-state index contributed by atoms with van der Waals surface area (Å²) in [7, 11) is 1.57. The van der Waals surface area contributed by atoms with Crippen molar-refractivity contribution in [3.63, 3.8) is 0 Å². The fourth-order valence-electron chi connectivity index (χ4n) is 1.87. The largest absolute Gasteiger partial charge is 0.495 e. The maximum Gasteiger partial charge on any atom is 0.238 e. The molecule has 0 radical (unpaired) electrons. The van der Waals surface area contributed by atoms with Crippen molar-refractivity contribution in [3.8, 4) is 5.75 Å². The SMILES string of the molecule is C=CCN(CCO)CC(=O)Nc1cc(C)ccc1OC. The lowest BCUT2D eigenvalue weighted by Gasteiger charge is -2.19. The Kier molecular flexibility index (Phi) is 6.76. The molecule has 0 aliphatic carbocycles.